The number of nitrogens with two attached hydrogens (primary N) is 2. The molecule has 0 atom stereocenters. The molecule has 0 aliphatic rings. The zero-order valence-corrected chi connectivity index (χ0v) is 15.7. The first-order valence-corrected chi connectivity index (χ1v) is 8.65. The third kappa shape index (κ3) is 4.98. The lowest BCUT2D eigenvalue weighted by atomic mass is 10.1. The van der Waals surface area contributed by atoms with Gasteiger partial charge in [0.25, 0.3) is 0 Å². The molecule has 0 amide bonds. The van der Waals surface area contributed by atoms with Crippen LogP contribution >= 0.6 is 0 Å². The number of carbonyl (C=O) groups is 1. The van der Waals surface area contributed by atoms with Gasteiger partial charge in [0, 0.05) is 17.5 Å². The Morgan fingerprint density at radius 3 is 1.83 bits per heavy atom. The summed E-state index contributed by atoms with van der Waals surface area (Å²) in [6, 6.07) is 16.7. The number of hydrogen-bond acceptors (Lipinski definition) is 7. The summed E-state index contributed by atoms with van der Waals surface area (Å²) in [5.74, 6) is 0.728. The van der Waals surface area contributed by atoms with E-state index in [1.807, 2.05) is 0 Å². The van der Waals surface area contributed by atoms with Gasteiger partial charge in [-0.05, 0) is 66.7 Å². The van der Waals surface area contributed by atoms with Gasteiger partial charge in [-0.15, -0.1) is 0 Å². The molecule has 0 aromatic heterocycles. The molecule has 0 aliphatic heterocycles. The van der Waals surface area contributed by atoms with Crippen LogP contribution in [0.4, 0.5) is 11.4 Å². The fourth-order valence-electron chi connectivity index (χ4n) is 2.45. The SMILES string of the molecule is COC(=O)C=Cc1c(Oc2ccc(N)cc2)ccc(Oc2ccc(N)cc2)c1O. The van der Waals surface area contributed by atoms with E-state index in [2.05, 4.69) is 4.74 Å². The summed E-state index contributed by atoms with van der Waals surface area (Å²) in [7, 11) is 1.26. The molecule has 148 valence electrons. The van der Waals surface area contributed by atoms with Crippen molar-refractivity contribution in [2.75, 3.05) is 18.6 Å². The third-order valence-electron chi connectivity index (χ3n) is 3.94. The molecule has 7 heteroatoms. The number of phenols is 1. The number of hydrogen-bond donors (Lipinski definition) is 3. The third-order valence-corrected chi connectivity index (χ3v) is 3.94. The average molecular weight is 392 g/mol. The van der Waals surface area contributed by atoms with Crippen molar-refractivity contribution in [2.24, 2.45) is 0 Å². The van der Waals surface area contributed by atoms with Crippen LogP contribution in [0.3, 0.4) is 0 Å². The molecule has 0 fully saturated rings. The molecule has 0 aliphatic carbocycles. The second-order valence-corrected chi connectivity index (χ2v) is 6.02. The van der Waals surface area contributed by atoms with Crippen LogP contribution in [-0.4, -0.2) is 18.2 Å². The van der Waals surface area contributed by atoms with Crippen molar-refractivity contribution in [3.63, 3.8) is 0 Å². The van der Waals surface area contributed by atoms with Gasteiger partial charge in [-0.3, -0.25) is 0 Å². The fraction of sp³-hybridized carbons (Fsp3) is 0.0455. The second-order valence-electron chi connectivity index (χ2n) is 6.02. The van der Waals surface area contributed by atoms with E-state index in [-0.39, 0.29) is 17.1 Å². The van der Waals surface area contributed by atoms with Gasteiger partial charge >= 0.3 is 5.97 Å². The molecule has 0 saturated carbocycles. The van der Waals surface area contributed by atoms with Crippen LogP contribution in [-0.2, 0) is 9.53 Å². The molecule has 29 heavy (non-hydrogen) atoms. The van der Waals surface area contributed by atoms with Crippen LogP contribution in [0.15, 0.2) is 66.7 Å². The van der Waals surface area contributed by atoms with E-state index in [4.69, 9.17) is 20.9 Å². The molecule has 3 rings (SSSR count). The fourth-order valence-corrected chi connectivity index (χ4v) is 2.45. The molecule has 5 N–H and O–H groups in total. The molecule has 0 spiro atoms. The van der Waals surface area contributed by atoms with Crippen LogP contribution in [0.5, 0.6) is 28.7 Å². The summed E-state index contributed by atoms with van der Waals surface area (Å²) < 4.78 is 16.2. The van der Waals surface area contributed by atoms with Gasteiger partial charge in [-0.2, -0.15) is 0 Å². The monoisotopic (exact) mass is 392 g/mol. The summed E-state index contributed by atoms with van der Waals surface area (Å²) in [6.45, 7) is 0. The first-order chi connectivity index (χ1) is 14.0. The second kappa shape index (κ2) is 8.71. The van der Waals surface area contributed by atoms with Gasteiger partial charge in [0.1, 0.15) is 17.2 Å². The minimum absolute atomic E-state index is 0.184. The largest absolute Gasteiger partial charge is 0.504 e. The molecular formula is C22H20N2O5. The highest BCUT2D eigenvalue weighted by atomic mass is 16.5. The van der Waals surface area contributed by atoms with Gasteiger partial charge < -0.3 is 30.8 Å². The van der Waals surface area contributed by atoms with Crippen LogP contribution in [0.25, 0.3) is 6.08 Å². The summed E-state index contributed by atoms with van der Waals surface area (Å²) >= 11 is 0. The Kier molecular flexibility index (Phi) is 5.89. The number of nitrogen functional groups attached to an aromatic ring is 2. The zero-order valence-electron chi connectivity index (χ0n) is 15.7. The number of rotatable bonds is 6. The highest BCUT2D eigenvalue weighted by Crippen LogP contribution is 2.41. The van der Waals surface area contributed by atoms with E-state index in [0.29, 0.717) is 28.6 Å². The Bertz CT molecular complexity index is 1030. The molecule has 3 aromatic rings. The number of phenolic OH excluding ortho intramolecular Hbond substituents is 1. The van der Waals surface area contributed by atoms with E-state index in [1.54, 1.807) is 60.7 Å². The van der Waals surface area contributed by atoms with Gasteiger partial charge in [0.2, 0.25) is 0 Å². The Hall–Kier alpha value is -4.13. The Labute approximate surface area is 167 Å². The number of anilines is 2. The highest BCUT2D eigenvalue weighted by Gasteiger charge is 2.15. The quantitative estimate of drug-likeness (QED) is 0.325. The molecule has 0 heterocycles. The van der Waals surface area contributed by atoms with Crippen molar-refractivity contribution in [3.8, 4) is 28.7 Å². The number of carbonyl (C=O) groups excluding carboxylic acids is 1. The zero-order chi connectivity index (χ0) is 20.8. The van der Waals surface area contributed by atoms with Crippen molar-refractivity contribution < 1.29 is 24.1 Å². The molecule has 0 radical (unpaired) electrons. The first kappa shape index (κ1) is 19.6. The number of aromatic hydroxyl groups is 1. The van der Waals surface area contributed by atoms with Crippen LogP contribution in [0, 0.1) is 0 Å². The molecule has 0 unspecified atom stereocenters. The number of methoxy groups -OCH3 is 1. The summed E-state index contributed by atoms with van der Waals surface area (Å²) in [4.78, 5) is 11.5. The molecule has 3 aromatic carbocycles. The lowest BCUT2D eigenvalue weighted by Gasteiger charge is -2.14. The summed E-state index contributed by atoms with van der Waals surface area (Å²) in [5.41, 5.74) is 12.8. The van der Waals surface area contributed by atoms with E-state index in [1.165, 1.54) is 19.3 Å². The predicted octanol–water partition coefficient (Wildman–Crippen LogP) is 4.33. The van der Waals surface area contributed by atoms with Crippen LogP contribution in [0.1, 0.15) is 5.56 Å². The van der Waals surface area contributed by atoms with E-state index < -0.39 is 5.97 Å². The van der Waals surface area contributed by atoms with Gasteiger partial charge in [0.15, 0.2) is 11.5 Å². The van der Waals surface area contributed by atoms with Gasteiger partial charge in [-0.1, -0.05) is 0 Å². The van der Waals surface area contributed by atoms with E-state index >= 15 is 0 Å². The normalized spacial score (nSPS) is 10.7. The van der Waals surface area contributed by atoms with E-state index in [0.717, 1.165) is 0 Å². The van der Waals surface area contributed by atoms with Crippen LogP contribution in [0.2, 0.25) is 0 Å². The molecule has 0 bridgehead atoms. The molecule has 7 nitrogen and oxygen atoms in total. The lowest BCUT2D eigenvalue weighted by Crippen LogP contribution is -1.95. The predicted molar refractivity (Wildman–Crippen MR) is 111 cm³/mol. The van der Waals surface area contributed by atoms with Crippen molar-refractivity contribution in [1.29, 1.82) is 0 Å². The van der Waals surface area contributed by atoms with Crippen molar-refractivity contribution in [3.05, 3.63) is 72.3 Å². The summed E-state index contributed by atoms with van der Waals surface area (Å²) in [5, 5.41) is 10.7. The summed E-state index contributed by atoms with van der Waals surface area (Å²) in [6.07, 6.45) is 2.57. The van der Waals surface area contributed by atoms with Gasteiger partial charge in [-0.25, -0.2) is 4.79 Å². The van der Waals surface area contributed by atoms with Crippen LogP contribution < -0.4 is 20.9 Å². The Balaban J connectivity index is 1.97. The highest BCUT2D eigenvalue weighted by molar-refractivity contribution is 5.88. The number of ether oxygens (including phenoxy) is 3. The minimum atomic E-state index is -0.576. The smallest absolute Gasteiger partial charge is 0.330 e. The van der Waals surface area contributed by atoms with Crippen molar-refractivity contribution >= 4 is 23.4 Å². The number of benzene rings is 3. The lowest BCUT2D eigenvalue weighted by molar-refractivity contribution is -0.134. The molecule has 0 saturated heterocycles. The minimum Gasteiger partial charge on any atom is -0.504 e. The Morgan fingerprint density at radius 1 is 0.828 bits per heavy atom. The van der Waals surface area contributed by atoms with Crippen molar-refractivity contribution in [1.82, 2.24) is 0 Å². The maximum Gasteiger partial charge on any atom is 0.330 e. The van der Waals surface area contributed by atoms with E-state index in [9.17, 15) is 9.90 Å². The Morgan fingerprint density at radius 2 is 1.31 bits per heavy atom. The number of esters is 1. The first-order valence-electron chi connectivity index (χ1n) is 8.65. The maximum absolute atomic E-state index is 11.5. The van der Waals surface area contributed by atoms with Gasteiger partial charge in [0.05, 0.1) is 12.7 Å². The van der Waals surface area contributed by atoms with Crippen molar-refractivity contribution in [2.45, 2.75) is 0 Å². The standard InChI is InChI=1S/C22H20N2O5/c1-27-21(25)13-10-18-19(28-16-6-2-14(23)3-7-16)11-12-20(22(18)26)29-17-8-4-15(24)5-9-17/h2-13,26H,23-24H2,1H3. The topological polar surface area (TPSA) is 117 Å². The molecular weight excluding hydrogens is 372 g/mol. The maximum atomic E-state index is 11.5. The average Bonchev–Trinajstić information content (AvgIpc) is 2.72.